The minimum atomic E-state index is -0.245. The largest absolute Gasteiger partial charge is 0.497 e. The molecule has 1 amide bonds. The molecule has 1 aliphatic heterocycles. The molecule has 1 atom stereocenters. The SMILES string of the molecule is COc1ccc(C(C(=O)NC2CCCC2)N2CCOCC2)cc1. The summed E-state index contributed by atoms with van der Waals surface area (Å²) in [5.41, 5.74) is 1.02. The molecule has 5 nitrogen and oxygen atoms in total. The summed E-state index contributed by atoms with van der Waals surface area (Å²) in [6, 6.07) is 7.92. The van der Waals surface area contributed by atoms with Gasteiger partial charge in [0.15, 0.2) is 0 Å². The van der Waals surface area contributed by atoms with Gasteiger partial charge in [-0.15, -0.1) is 0 Å². The van der Waals surface area contributed by atoms with Crippen LogP contribution in [0.15, 0.2) is 24.3 Å². The molecule has 126 valence electrons. The van der Waals surface area contributed by atoms with E-state index in [0.29, 0.717) is 19.3 Å². The molecule has 3 rings (SSSR count). The molecule has 0 bridgehead atoms. The van der Waals surface area contributed by atoms with Gasteiger partial charge in [0, 0.05) is 19.1 Å². The van der Waals surface area contributed by atoms with E-state index < -0.39 is 0 Å². The van der Waals surface area contributed by atoms with E-state index in [4.69, 9.17) is 9.47 Å². The maximum absolute atomic E-state index is 12.9. The molecule has 1 aromatic carbocycles. The first kappa shape index (κ1) is 16.3. The molecule has 1 aromatic rings. The smallest absolute Gasteiger partial charge is 0.242 e. The summed E-state index contributed by atoms with van der Waals surface area (Å²) in [4.78, 5) is 15.1. The van der Waals surface area contributed by atoms with E-state index in [0.717, 1.165) is 37.2 Å². The number of carbonyl (C=O) groups is 1. The maximum atomic E-state index is 12.9. The Kier molecular flexibility index (Phi) is 5.51. The Hall–Kier alpha value is -1.59. The number of benzene rings is 1. The normalized spacial score (nSPS) is 21.1. The lowest BCUT2D eigenvalue weighted by atomic mass is 10.0. The van der Waals surface area contributed by atoms with Crippen LogP contribution in [0.2, 0.25) is 0 Å². The Morgan fingerprint density at radius 2 is 1.87 bits per heavy atom. The second-order valence-corrected chi connectivity index (χ2v) is 6.31. The lowest BCUT2D eigenvalue weighted by molar-refractivity contribution is -0.129. The summed E-state index contributed by atoms with van der Waals surface area (Å²) >= 11 is 0. The van der Waals surface area contributed by atoms with E-state index in [2.05, 4.69) is 10.2 Å². The number of hydrogen-bond acceptors (Lipinski definition) is 4. The van der Waals surface area contributed by atoms with Crippen molar-refractivity contribution < 1.29 is 14.3 Å². The van der Waals surface area contributed by atoms with E-state index in [1.54, 1.807) is 7.11 Å². The molecule has 2 aliphatic rings. The Bertz CT molecular complexity index is 506. The first-order valence-corrected chi connectivity index (χ1v) is 8.54. The van der Waals surface area contributed by atoms with Gasteiger partial charge in [-0.25, -0.2) is 0 Å². The molecule has 1 unspecified atom stereocenters. The summed E-state index contributed by atoms with van der Waals surface area (Å²) in [7, 11) is 1.65. The van der Waals surface area contributed by atoms with Crippen LogP contribution < -0.4 is 10.1 Å². The Morgan fingerprint density at radius 3 is 2.48 bits per heavy atom. The monoisotopic (exact) mass is 318 g/mol. The Labute approximate surface area is 137 Å². The van der Waals surface area contributed by atoms with Gasteiger partial charge in [0.1, 0.15) is 11.8 Å². The summed E-state index contributed by atoms with van der Waals surface area (Å²) in [5, 5.41) is 3.25. The molecule has 0 spiro atoms. The van der Waals surface area contributed by atoms with Crippen molar-refractivity contribution in [2.75, 3.05) is 33.4 Å². The Morgan fingerprint density at radius 1 is 1.22 bits per heavy atom. The molecule has 1 saturated carbocycles. The van der Waals surface area contributed by atoms with Crippen LogP contribution >= 0.6 is 0 Å². The zero-order valence-electron chi connectivity index (χ0n) is 13.8. The van der Waals surface area contributed by atoms with Gasteiger partial charge in [0.2, 0.25) is 5.91 Å². The van der Waals surface area contributed by atoms with E-state index in [1.165, 1.54) is 12.8 Å². The van der Waals surface area contributed by atoms with Gasteiger partial charge in [0.25, 0.3) is 0 Å². The van der Waals surface area contributed by atoms with Crippen LogP contribution in [-0.4, -0.2) is 50.3 Å². The molecule has 1 aliphatic carbocycles. The van der Waals surface area contributed by atoms with E-state index >= 15 is 0 Å². The molecule has 1 N–H and O–H groups in total. The van der Waals surface area contributed by atoms with Crippen LogP contribution in [0.25, 0.3) is 0 Å². The molecule has 2 fully saturated rings. The highest BCUT2D eigenvalue weighted by Crippen LogP contribution is 2.26. The highest BCUT2D eigenvalue weighted by molar-refractivity contribution is 5.83. The number of methoxy groups -OCH3 is 1. The first-order chi connectivity index (χ1) is 11.3. The molecular formula is C18H26N2O3. The number of ether oxygens (including phenoxy) is 2. The van der Waals surface area contributed by atoms with Gasteiger partial charge < -0.3 is 14.8 Å². The standard InChI is InChI=1S/C18H26N2O3/c1-22-16-8-6-14(7-9-16)17(20-10-12-23-13-11-20)18(21)19-15-4-2-3-5-15/h6-9,15,17H,2-5,10-13H2,1H3,(H,19,21). The number of nitrogens with zero attached hydrogens (tertiary/aromatic N) is 1. The first-order valence-electron chi connectivity index (χ1n) is 8.54. The zero-order valence-corrected chi connectivity index (χ0v) is 13.8. The highest BCUT2D eigenvalue weighted by Gasteiger charge is 2.30. The highest BCUT2D eigenvalue weighted by atomic mass is 16.5. The molecule has 5 heteroatoms. The molecular weight excluding hydrogens is 292 g/mol. The van der Waals surface area contributed by atoms with Crippen molar-refractivity contribution in [3.63, 3.8) is 0 Å². The van der Waals surface area contributed by atoms with Gasteiger partial charge in [-0.3, -0.25) is 9.69 Å². The van der Waals surface area contributed by atoms with Gasteiger partial charge in [0.05, 0.1) is 20.3 Å². The molecule has 0 aromatic heterocycles. The average molecular weight is 318 g/mol. The number of amides is 1. The van der Waals surface area contributed by atoms with Gasteiger partial charge in [-0.1, -0.05) is 25.0 Å². The fourth-order valence-corrected chi connectivity index (χ4v) is 3.50. The van der Waals surface area contributed by atoms with Crippen LogP contribution in [-0.2, 0) is 9.53 Å². The van der Waals surface area contributed by atoms with Crippen LogP contribution in [0.4, 0.5) is 0 Å². The van der Waals surface area contributed by atoms with Crippen molar-refractivity contribution in [1.29, 1.82) is 0 Å². The van der Waals surface area contributed by atoms with Gasteiger partial charge >= 0.3 is 0 Å². The summed E-state index contributed by atoms with van der Waals surface area (Å²) < 4.78 is 10.7. The number of morpholine rings is 1. The minimum absolute atomic E-state index is 0.115. The van der Waals surface area contributed by atoms with Crippen molar-refractivity contribution in [2.24, 2.45) is 0 Å². The fourth-order valence-electron chi connectivity index (χ4n) is 3.50. The third-order valence-electron chi connectivity index (χ3n) is 4.79. The van der Waals surface area contributed by atoms with E-state index in [1.807, 2.05) is 24.3 Å². The number of rotatable bonds is 5. The van der Waals surface area contributed by atoms with Crippen molar-refractivity contribution >= 4 is 5.91 Å². The van der Waals surface area contributed by atoms with Gasteiger partial charge in [-0.05, 0) is 30.5 Å². The second kappa shape index (κ2) is 7.79. The van der Waals surface area contributed by atoms with Crippen molar-refractivity contribution in [3.8, 4) is 5.75 Å². The summed E-state index contributed by atoms with van der Waals surface area (Å²) in [6.45, 7) is 2.94. The van der Waals surface area contributed by atoms with Gasteiger partial charge in [-0.2, -0.15) is 0 Å². The number of hydrogen-bond donors (Lipinski definition) is 1. The third-order valence-corrected chi connectivity index (χ3v) is 4.79. The van der Waals surface area contributed by atoms with Crippen LogP contribution in [0, 0.1) is 0 Å². The summed E-state index contributed by atoms with van der Waals surface area (Å²) in [5.74, 6) is 0.926. The molecule has 1 heterocycles. The predicted octanol–water partition coefficient (Wildman–Crippen LogP) is 2.13. The Balaban J connectivity index is 1.77. The summed E-state index contributed by atoms with van der Waals surface area (Å²) in [6.07, 6.45) is 4.64. The van der Waals surface area contributed by atoms with E-state index in [-0.39, 0.29) is 11.9 Å². The van der Waals surface area contributed by atoms with Crippen molar-refractivity contribution in [3.05, 3.63) is 29.8 Å². The van der Waals surface area contributed by atoms with E-state index in [9.17, 15) is 4.79 Å². The van der Waals surface area contributed by atoms with Crippen molar-refractivity contribution in [1.82, 2.24) is 10.2 Å². The average Bonchev–Trinajstić information content (AvgIpc) is 3.10. The predicted molar refractivity (Wildman–Crippen MR) is 88.5 cm³/mol. The second-order valence-electron chi connectivity index (χ2n) is 6.31. The lowest BCUT2D eigenvalue weighted by Crippen LogP contribution is -2.47. The maximum Gasteiger partial charge on any atom is 0.242 e. The quantitative estimate of drug-likeness (QED) is 0.903. The van der Waals surface area contributed by atoms with Crippen LogP contribution in [0.1, 0.15) is 37.3 Å². The minimum Gasteiger partial charge on any atom is -0.497 e. The lowest BCUT2D eigenvalue weighted by Gasteiger charge is -2.34. The van der Waals surface area contributed by atoms with Crippen molar-refractivity contribution in [2.45, 2.75) is 37.8 Å². The zero-order chi connectivity index (χ0) is 16.1. The van der Waals surface area contributed by atoms with Crippen LogP contribution in [0.3, 0.4) is 0 Å². The number of nitrogens with one attached hydrogen (secondary N) is 1. The number of carbonyl (C=O) groups excluding carboxylic acids is 1. The third kappa shape index (κ3) is 4.03. The molecule has 0 radical (unpaired) electrons. The fraction of sp³-hybridized carbons (Fsp3) is 0.611. The molecule has 1 saturated heterocycles. The van der Waals surface area contributed by atoms with Crippen LogP contribution in [0.5, 0.6) is 5.75 Å². The molecule has 23 heavy (non-hydrogen) atoms. The topological polar surface area (TPSA) is 50.8 Å².